The maximum absolute atomic E-state index is 13.3. The van der Waals surface area contributed by atoms with E-state index in [2.05, 4.69) is 41.8 Å². The molecule has 1 atom stereocenters. The van der Waals surface area contributed by atoms with Crippen LogP contribution >= 0.6 is 0 Å². The minimum Gasteiger partial charge on any atom is -0.492 e. The number of hydrogen-bond donors (Lipinski definition) is 0. The van der Waals surface area contributed by atoms with Crippen molar-refractivity contribution in [3.8, 4) is 11.8 Å². The van der Waals surface area contributed by atoms with Gasteiger partial charge in [-0.2, -0.15) is 5.26 Å². The van der Waals surface area contributed by atoms with E-state index in [0.29, 0.717) is 12.4 Å². The van der Waals surface area contributed by atoms with Crippen molar-refractivity contribution in [3.63, 3.8) is 0 Å². The number of halogens is 2. The Balaban J connectivity index is 1.40. The van der Waals surface area contributed by atoms with Gasteiger partial charge in [0.15, 0.2) is 11.6 Å². The Labute approximate surface area is 190 Å². The van der Waals surface area contributed by atoms with Gasteiger partial charge in [0.05, 0.1) is 11.5 Å². The fourth-order valence-electron chi connectivity index (χ4n) is 4.43. The molecule has 2 aromatic carbocycles. The highest BCUT2D eigenvalue weighted by Gasteiger charge is 2.35. The Morgan fingerprint density at radius 3 is 2.22 bits per heavy atom. The molecule has 1 unspecified atom stereocenters. The Kier molecular flexibility index (Phi) is 8.60. The van der Waals surface area contributed by atoms with Crippen LogP contribution in [-0.4, -0.2) is 55.7 Å². The number of nitrogens with zero attached hydrogens (tertiary/aromatic N) is 3. The molecule has 0 radical (unpaired) electrons. The molecule has 0 aromatic heterocycles. The average Bonchev–Trinajstić information content (AvgIpc) is 2.80. The molecule has 6 heteroatoms. The molecule has 0 amide bonds. The van der Waals surface area contributed by atoms with Crippen LogP contribution in [-0.2, 0) is 5.41 Å². The van der Waals surface area contributed by atoms with Crippen LogP contribution in [0.15, 0.2) is 48.5 Å². The van der Waals surface area contributed by atoms with Gasteiger partial charge in [0.25, 0.3) is 0 Å². The van der Waals surface area contributed by atoms with E-state index < -0.39 is 17.0 Å². The SMILES string of the molecule is CC(C)C(C#N)(CCCN1CCN(CCOc2ccc(F)c(F)c2)CC1)c1ccccc1. The molecule has 0 spiro atoms. The lowest BCUT2D eigenvalue weighted by Gasteiger charge is -2.36. The molecule has 32 heavy (non-hydrogen) atoms. The second-order valence-corrected chi connectivity index (χ2v) is 8.82. The van der Waals surface area contributed by atoms with E-state index in [9.17, 15) is 14.0 Å². The third kappa shape index (κ3) is 6.05. The smallest absolute Gasteiger partial charge is 0.162 e. The van der Waals surface area contributed by atoms with Gasteiger partial charge in [-0.15, -0.1) is 0 Å². The Hall–Kier alpha value is -2.49. The summed E-state index contributed by atoms with van der Waals surface area (Å²) in [7, 11) is 0. The van der Waals surface area contributed by atoms with Crippen molar-refractivity contribution >= 4 is 0 Å². The van der Waals surface area contributed by atoms with Crippen molar-refractivity contribution in [1.82, 2.24) is 9.80 Å². The largest absolute Gasteiger partial charge is 0.492 e. The van der Waals surface area contributed by atoms with Crippen molar-refractivity contribution in [2.24, 2.45) is 5.92 Å². The molecule has 4 nitrogen and oxygen atoms in total. The summed E-state index contributed by atoms with van der Waals surface area (Å²) in [5.41, 5.74) is 0.670. The average molecular weight is 442 g/mol. The molecule has 3 rings (SSSR count). The lowest BCUT2D eigenvalue weighted by Crippen LogP contribution is -2.47. The number of nitriles is 1. The maximum Gasteiger partial charge on any atom is 0.162 e. The molecular weight excluding hydrogens is 408 g/mol. The first-order chi connectivity index (χ1) is 15.4. The first-order valence-corrected chi connectivity index (χ1v) is 11.4. The summed E-state index contributed by atoms with van der Waals surface area (Å²) in [5.74, 6) is -1.15. The summed E-state index contributed by atoms with van der Waals surface area (Å²) in [5, 5.41) is 10.0. The Morgan fingerprint density at radius 1 is 0.969 bits per heavy atom. The molecule has 1 heterocycles. The Morgan fingerprint density at radius 2 is 1.62 bits per heavy atom. The zero-order chi connectivity index (χ0) is 23.0. The number of ether oxygens (including phenoxy) is 1. The molecule has 0 aliphatic carbocycles. The van der Waals surface area contributed by atoms with Gasteiger partial charge >= 0.3 is 0 Å². The summed E-state index contributed by atoms with van der Waals surface area (Å²) in [4.78, 5) is 4.79. The van der Waals surface area contributed by atoms with E-state index in [4.69, 9.17) is 4.74 Å². The lowest BCUT2D eigenvalue weighted by molar-refractivity contribution is 0.114. The third-order valence-corrected chi connectivity index (χ3v) is 6.55. The van der Waals surface area contributed by atoms with Crippen LogP contribution in [0.1, 0.15) is 32.3 Å². The van der Waals surface area contributed by atoms with E-state index in [1.807, 2.05) is 18.2 Å². The fraction of sp³-hybridized carbons (Fsp3) is 0.500. The molecule has 1 aliphatic rings. The summed E-state index contributed by atoms with van der Waals surface area (Å²) < 4.78 is 31.8. The van der Waals surface area contributed by atoms with Crippen LogP contribution in [0.4, 0.5) is 8.78 Å². The van der Waals surface area contributed by atoms with Gasteiger partial charge in [-0.3, -0.25) is 4.90 Å². The third-order valence-electron chi connectivity index (χ3n) is 6.55. The second-order valence-electron chi connectivity index (χ2n) is 8.82. The summed E-state index contributed by atoms with van der Waals surface area (Å²) in [6, 6.07) is 16.4. The van der Waals surface area contributed by atoms with Gasteiger partial charge in [0.1, 0.15) is 12.4 Å². The molecule has 1 saturated heterocycles. The van der Waals surface area contributed by atoms with Gasteiger partial charge in [0.2, 0.25) is 0 Å². The molecule has 1 aliphatic heterocycles. The normalized spacial score (nSPS) is 17.1. The fourth-order valence-corrected chi connectivity index (χ4v) is 4.43. The van der Waals surface area contributed by atoms with Gasteiger partial charge in [-0.1, -0.05) is 44.2 Å². The topological polar surface area (TPSA) is 39.5 Å². The first-order valence-electron chi connectivity index (χ1n) is 11.4. The summed E-state index contributed by atoms with van der Waals surface area (Å²) in [6.45, 7) is 10.3. The molecule has 0 N–H and O–H groups in total. The molecular formula is C26H33F2N3O. The summed E-state index contributed by atoms with van der Waals surface area (Å²) in [6.07, 6.45) is 1.84. The molecule has 172 valence electrons. The van der Waals surface area contributed by atoms with E-state index >= 15 is 0 Å². The van der Waals surface area contributed by atoms with Crippen LogP contribution in [0, 0.1) is 28.9 Å². The van der Waals surface area contributed by atoms with Gasteiger partial charge < -0.3 is 9.64 Å². The monoisotopic (exact) mass is 441 g/mol. The minimum atomic E-state index is -0.888. The lowest BCUT2D eigenvalue weighted by atomic mass is 9.70. The van der Waals surface area contributed by atoms with Gasteiger partial charge in [0, 0.05) is 38.8 Å². The van der Waals surface area contributed by atoms with Gasteiger partial charge in [-0.25, -0.2) is 8.78 Å². The molecule has 0 saturated carbocycles. The predicted molar refractivity (Wildman–Crippen MR) is 123 cm³/mol. The van der Waals surface area contributed by atoms with Gasteiger partial charge in [-0.05, 0) is 43.0 Å². The quantitative estimate of drug-likeness (QED) is 0.528. The molecule has 1 fully saturated rings. The van der Waals surface area contributed by atoms with Crippen LogP contribution in [0.5, 0.6) is 5.75 Å². The molecule has 0 bridgehead atoms. The van der Waals surface area contributed by atoms with Crippen molar-refractivity contribution in [2.45, 2.75) is 32.1 Å². The highest BCUT2D eigenvalue weighted by atomic mass is 19.2. The van der Waals surface area contributed by atoms with Crippen molar-refractivity contribution in [3.05, 3.63) is 65.7 Å². The first kappa shape index (κ1) is 24.2. The number of hydrogen-bond acceptors (Lipinski definition) is 4. The summed E-state index contributed by atoms with van der Waals surface area (Å²) >= 11 is 0. The zero-order valence-electron chi connectivity index (χ0n) is 19.1. The van der Waals surface area contributed by atoms with Crippen LogP contribution < -0.4 is 4.74 Å². The minimum absolute atomic E-state index is 0.251. The highest BCUT2D eigenvalue weighted by molar-refractivity contribution is 5.33. The van der Waals surface area contributed by atoms with E-state index in [0.717, 1.165) is 69.8 Å². The van der Waals surface area contributed by atoms with E-state index in [1.54, 1.807) is 0 Å². The number of benzene rings is 2. The Bertz CT molecular complexity index is 892. The highest BCUT2D eigenvalue weighted by Crippen LogP contribution is 2.36. The van der Waals surface area contributed by atoms with Crippen LogP contribution in [0.25, 0.3) is 0 Å². The van der Waals surface area contributed by atoms with Crippen molar-refractivity contribution in [2.75, 3.05) is 45.9 Å². The van der Waals surface area contributed by atoms with E-state index in [1.165, 1.54) is 6.07 Å². The maximum atomic E-state index is 13.3. The predicted octanol–water partition coefficient (Wildman–Crippen LogP) is 4.86. The molecule has 2 aromatic rings. The van der Waals surface area contributed by atoms with E-state index in [-0.39, 0.29) is 5.92 Å². The van der Waals surface area contributed by atoms with Crippen LogP contribution in [0.3, 0.4) is 0 Å². The van der Waals surface area contributed by atoms with Crippen LogP contribution in [0.2, 0.25) is 0 Å². The number of rotatable bonds is 10. The van der Waals surface area contributed by atoms with Crippen molar-refractivity contribution < 1.29 is 13.5 Å². The zero-order valence-corrected chi connectivity index (χ0v) is 19.1. The second kappa shape index (κ2) is 11.4. The number of piperazine rings is 1. The van der Waals surface area contributed by atoms with Crippen molar-refractivity contribution in [1.29, 1.82) is 5.26 Å². The standard InChI is InChI=1S/C26H33F2N3O/c1-21(2)26(20-29,22-7-4-3-5-8-22)11-6-12-30-13-15-31(16-14-30)17-18-32-23-9-10-24(27)25(28)19-23/h3-5,7-10,19,21H,6,11-18H2,1-2H3.